The Labute approximate surface area is 128 Å². The van der Waals surface area contributed by atoms with Crippen molar-refractivity contribution < 1.29 is 13.2 Å². The summed E-state index contributed by atoms with van der Waals surface area (Å²) in [6.45, 7) is 0. The molecule has 2 saturated heterocycles. The quantitative estimate of drug-likeness (QED) is 0.670. The number of alkyl halides is 4. The van der Waals surface area contributed by atoms with Crippen LogP contribution < -0.4 is 4.90 Å². The van der Waals surface area contributed by atoms with E-state index in [1.54, 1.807) is 0 Å². The van der Waals surface area contributed by atoms with Gasteiger partial charge in [0.2, 0.25) is 0 Å². The van der Waals surface area contributed by atoms with Crippen molar-refractivity contribution in [2.45, 2.75) is 48.8 Å². The standard InChI is InChI=1S/C13H13BrClF3N2/c14-8-4-9-1-2-10(5-8)20(9)12-11(15)3-7(6-19-12)13(16,17)18/h3,6,8-10H,1-2,4-5H2. The SMILES string of the molecule is FC(F)(F)c1cnc(N2C3CCC2CC(Br)C3)c(Cl)c1. The Balaban J connectivity index is 1.92. The Kier molecular flexibility index (Phi) is 3.65. The third-order valence-corrected chi connectivity index (χ3v) is 5.10. The van der Waals surface area contributed by atoms with Gasteiger partial charge in [0.25, 0.3) is 0 Å². The number of pyridine rings is 1. The highest BCUT2D eigenvalue weighted by Crippen LogP contribution is 2.43. The molecule has 2 bridgehead atoms. The molecule has 2 nitrogen and oxygen atoms in total. The lowest BCUT2D eigenvalue weighted by atomic mass is 10.0. The summed E-state index contributed by atoms with van der Waals surface area (Å²) in [7, 11) is 0. The van der Waals surface area contributed by atoms with E-state index in [0.717, 1.165) is 37.9 Å². The summed E-state index contributed by atoms with van der Waals surface area (Å²) in [5.74, 6) is 0.492. The molecule has 1 aromatic rings. The first-order valence-corrected chi connectivity index (χ1v) is 7.81. The Bertz CT molecular complexity index is 509. The summed E-state index contributed by atoms with van der Waals surface area (Å²) in [6.07, 6.45) is 0.528. The van der Waals surface area contributed by atoms with E-state index in [0.29, 0.717) is 22.7 Å². The normalized spacial score (nSPS) is 29.9. The van der Waals surface area contributed by atoms with Gasteiger partial charge in [-0.3, -0.25) is 0 Å². The van der Waals surface area contributed by atoms with Gasteiger partial charge in [0.05, 0.1) is 10.6 Å². The highest BCUT2D eigenvalue weighted by molar-refractivity contribution is 9.09. The first-order chi connectivity index (χ1) is 9.36. The molecule has 0 spiro atoms. The molecule has 2 aliphatic heterocycles. The molecule has 0 amide bonds. The molecule has 0 radical (unpaired) electrons. The van der Waals surface area contributed by atoms with E-state index in [-0.39, 0.29) is 5.02 Å². The van der Waals surface area contributed by atoms with E-state index >= 15 is 0 Å². The zero-order chi connectivity index (χ0) is 14.5. The van der Waals surface area contributed by atoms with Crippen LogP contribution in [0.3, 0.4) is 0 Å². The number of hydrogen-bond acceptors (Lipinski definition) is 2. The van der Waals surface area contributed by atoms with Gasteiger partial charge in [-0.05, 0) is 31.7 Å². The number of nitrogens with zero attached hydrogens (tertiary/aromatic N) is 2. The summed E-state index contributed by atoms with van der Waals surface area (Å²) >= 11 is 9.68. The molecule has 2 atom stereocenters. The number of aromatic nitrogens is 1. The van der Waals surface area contributed by atoms with Crippen molar-refractivity contribution >= 4 is 33.3 Å². The summed E-state index contributed by atoms with van der Waals surface area (Å²) < 4.78 is 37.9. The average Bonchev–Trinajstić information content (AvgIpc) is 2.61. The van der Waals surface area contributed by atoms with Gasteiger partial charge < -0.3 is 4.90 Å². The molecule has 7 heteroatoms. The number of halogens is 5. The minimum atomic E-state index is -4.41. The van der Waals surface area contributed by atoms with Crippen LogP contribution in [0.1, 0.15) is 31.2 Å². The third kappa shape index (κ3) is 2.52. The number of piperidine rings is 1. The van der Waals surface area contributed by atoms with Crippen molar-refractivity contribution in [1.29, 1.82) is 0 Å². The Morgan fingerprint density at radius 2 is 1.85 bits per heavy atom. The molecule has 0 aliphatic carbocycles. The number of rotatable bonds is 1. The lowest BCUT2D eigenvalue weighted by Gasteiger charge is -2.38. The van der Waals surface area contributed by atoms with E-state index in [1.807, 2.05) is 0 Å². The van der Waals surface area contributed by atoms with Crippen molar-refractivity contribution in [1.82, 2.24) is 4.98 Å². The molecular formula is C13H13BrClF3N2. The van der Waals surface area contributed by atoms with Gasteiger partial charge >= 0.3 is 6.18 Å². The van der Waals surface area contributed by atoms with Gasteiger partial charge in [0, 0.05) is 23.1 Å². The fraction of sp³-hybridized carbons (Fsp3) is 0.615. The molecule has 2 unspecified atom stereocenters. The van der Waals surface area contributed by atoms with Gasteiger partial charge in [0.1, 0.15) is 5.82 Å². The van der Waals surface area contributed by atoms with E-state index in [4.69, 9.17) is 11.6 Å². The summed E-state index contributed by atoms with van der Waals surface area (Å²) in [4.78, 5) is 6.58. The van der Waals surface area contributed by atoms with E-state index in [9.17, 15) is 13.2 Å². The van der Waals surface area contributed by atoms with Crippen LogP contribution in [0.15, 0.2) is 12.3 Å². The zero-order valence-corrected chi connectivity index (χ0v) is 12.8. The maximum atomic E-state index is 12.6. The van der Waals surface area contributed by atoms with Gasteiger partial charge in [-0.2, -0.15) is 13.2 Å². The lowest BCUT2D eigenvalue weighted by Crippen LogP contribution is -2.44. The van der Waals surface area contributed by atoms with Crippen LogP contribution >= 0.6 is 27.5 Å². The van der Waals surface area contributed by atoms with Crippen LogP contribution in [0.25, 0.3) is 0 Å². The summed E-state index contributed by atoms with van der Waals surface area (Å²) in [5.41, 5.74) is -0.797. The second-order valence-electron chi connectivity index (χ2n) is 5.39. The van der Waals surface area contributed by atoms with Crippen LogP contribution in [0.4, 0.5) is 19.0 Å². The van der Waals surface area contributed by atoms with Gasteiger partial charge in [-0.25, -0.2) is 4.98 Å². The van der Waals surface area contributed by atoms with Crippen molar-refractivity contribution in [3.63, 3.8) is 0 Å². The predicted octanol–water partition coefficient (Wildman–Crippen LogP) is 4.65. The van der Waals surface area contributed by atoms with Gasteiger partial charge in [-0.15, -0.1) is 0 Å². The fourth-order valence-electron chi connectivity index (χ4n) is 3.23. The summed E-state index contributed by atoms with van der Waals surface area (Å²) in [5, 5.41) is 0.0877. The Morgan fingerprint density at radius 3 is 2.35 bits per heavy atom. The van der Waals surface area contributed by atoms with Crippen molar-refractivity contribution in [3.8, 4) is 0 Å². The Morgan fingerprint density at radius 1 is 1.25 bits per heavy atom. The van der Waals surface area contributed by atoms with Crippen LogP contribution in [0.5, 0.6) is 0 Å². The highest BCUT2D eigenvalue weighted by Gasteiger charge is 2.42. The molecular weight excluding hydrogens is 357 g/mol. The molecule has 0 aromatic carbocycles. The molecule has 110 valence electrons. The van der Waals surface area contributed by atoms with Gasteiger partial charge in [-0.1, -0.05) is 27.5 Å². The Hall–Kier alpha value is -0.490. The van der Waals surface area contributed by atoms with Crippen molar-refractivity contribution in [3.05, 3.63) is 22.8 Å². The second-order valence-corrected chi connectivity index (χ2v) is 7.09. The molecule has 3 heterocycles. The lowest BCUT2D eigenvalue weighted by molar-refractivity contribution is -0.137. The monoisotopic (exact) mass is 368 g/mol. The number of hydrogen-bond donors (Lipinski definition) is 0. The average molecular weight is 370 g/mol. The topological polar surface area (TPSA) is 16.1 Å². The maximum absolute atomic E-state index is 12.6. The van der Waals surface area contributed by atoms with E-state index in [2.05, 4.69) is 25.8 Å². The second kappa shape index (κ2) is 5.05. The molecule has 0 saturated carbocycles. The maximum Gasteiger partial charge on any atom is 0.417 e. The van der Waals surface area contributed by atoms with Crippen molar-refractivity contribution in [2.24, 2.45) is 0 Å². The number of fused-ring (bicyclic) bond motifs is 2. The van der Waals surface area contributed by atoms with Gasteiger partial charge in [0.15, 0.2) is 0 Å². The zero-order valence-electron chi connectivity index (χ0n) is 10.5. The van der Waals surface area contributed by atoms with Crippen LogP contribution in [0, 0.1) is 0 Å². The molecule has 2 fully saturated rings. The first-order valence-electron chi connectivity index (χ1n) is 6.51. The smallest absolute Gasteiger partial charge is 0.349 e. The largest absolute Gasteiger partial charge is 0.417 e. The highest BCUT2D eigenvalue weighted by atomic mass is 79.9. The minimum absolute atomic E-state index is 0.0877. The van der Waals surface area contributed by atoms with Crippen LogP contribution in [-0.2, 0) is 6.18 Å². The molecule has 3 rings (SSSR count). The van der Waals surface area contributed by atoms with Crippen LogP contribution in [0.2, 0.25) is 5.02 Å². The molecule has 2 aliphatic rings. The third-order valence-electron chi connectivity index (χ3n) is 4.07. The molecule has 1 aromatic heterocycles. The van der Waals surface area contributed by atoms with E-state index < -0.39 is 11.7 Å². The molecule has 0 N–H and O–H groups in total. The molecule has 20 heavy (non-hydrogen) atoms. The number of anilines is 1. The minimum Gasteiger partial charge on any atom is -0.349 e. The van der Waals surface area contributed by atoms with Crippen molar-refractivity contribution in [2.75, 3.05) is 4.90 Å². The van der Waals surface area contributed by atoms with E-state index in [1.165, 1.54) is 0 Å². The fourth-order valence-corrected chi connectivity index (χ4v) is 4.36. The predicted molar refractivity (Wildman–Crippen MR) is 75.5 cm³/mol. The van der Waals surface area contributed by atoms with Crippen LogP contribution in [-0.4, -0.2) is 21.9 Å². The summed E-state index contributed by atoms with van der Waals surface area (Å²) in [6, 6.07) is 1.61. The first kappa shape index (κ1) is 14.4.